The van der Waals surface area contributed by atoms with Crippen molar-refractivity contribution in [2.75, 3.05) is 18.0 Å². The van der Waals surface area contributed by atoms with E-state index in [1.165, 1.54) is 30.5 Å². The molecule has 1 aromatic rings. The van der Waals surface area contributed by atoms with Crippen molar-refractivity contribution in [2.45, 2.75) is 52.5 Å². The molecule has 2 rings (SSSR count). The van der Waals surface area contributed by atoms with E-state index in [0.29, 0.717) is 0 Å². The molecular formula is C18H30N2. The lowest BCUT2D eigenvalue weighted by Gasteiger charge is -2.50. The Morgan fingerprint density at radius 1 is 1.25 bits per heavy atom. The molecule has 2 unspecified atom stereocenters. The Bertz CT molecular complexity index is 431. The van der Waals surface area contributed by atoms with Crippen LogP contribution in [0.5, 0.6) is 0 Å². The van der Waals surface area contributed by atoms with Crippen molar-refractivity contribution >= 4 is 5.69 Å². The summed E-state index contributed by atoms with van der Waals surface area (Å²) in [7, 11) is 0. The quantitative estimate of drug-likeness (QED) is 0.900. The minimum absolute atomic E-state index is 0.139. The first-order chi connectivity index (χ1) is 9.50. The monoisotopic (exact) mass is 274 g/mol. The van der Waals surface area contributed by atoms with Gasteiger partial charge in [0.2, 0.25) is 0 Å². The van der Waals surface area contributed by atoms with E-state index in [1.807, 2.05) is 0 Å². The number of aryl methyl sites for hydroxylation is 1. The van der Waals surface area contributed by atoms with Crippen LogP contribution in [0.15, 0.2) is 24.3 Å². The number of hydrogen-bond donors (Lipinski definition) is 1. The van der Waals surface area contributed by atoms with Gasteiger partial charge in [0, 0.05) is 18.8 Å². The molecule has 2 heteroatoms. The number of anilines is 1. The van der Waals surface area contributed by atoms with Gasteiger partial charge in [0.05, 0.1) is 5.54 Å². The fourth-order valence-corrected chi connectivity index (χ4v) is 4.32. The zero-order valence-electron chi connectivity index (χ0n) is 13.5. The van der Waals surface area contributed by atoms with Crippen molar-refractivity contribution in [3.8, 4) is 0 Å². The van der Waals surface area contributed by atoms with Crippen LogP contribution in [0.3, 0.4) is 0 Å². The molecule has 2 nitrogen and oxygen atoms in total. The molecule has 0 amide bonds. The standard InChI is InChI=1S/C18H30N2/c1-5-20(17-8-6-7-14(2)10-17)18(13-19)11-15(3)9-16(4)12-18/h6-8,10,15-16H,5,9,11-13,19H2,1-4H3. The molecule has 1 aliphatic rings. The first-order valence-electron chi connectivity index (χ1n) is 8.05. The molecule has 1 aromatic carbocycles. The van der Waals surface area contributed by atoms with E-state index in [1.54, 1.807) is 0 Å². The SMILES string of the molecule is CCN(c1cccc(C)c1)C1(CN)CC(C)CC(C)C1. The molecule has 20 heavy (non-hydrogen) atoms. The molecule has 0 aromatic heterocycles. The summed E-state index contributed by atoms with van der Waals surface area (Å²) in [6.07, 6.45) is 3.78. The third-order valence-electron chi connectivity index (χ3n) is 4.84. The zero-order chi connectivity index (χ0) is 14.8. The summed E-state index contributed by atoms with van der Waals surface area (Å²) >= 11 is 0. The van der Waals surface area contributed by atoms with E-state index < -0.39 is 0 Å². The van der Waals surface area contributed by atoms with Gasteiger partial charge in [-0.3, -0.25) is 0 Å². The third-order valence-corrected chi connectivity index (χ3v) is 4.84. The van der Waals surface area contributed by atoms with Gasteiger partial charge < -0.3 is 10.6 Å². The Hall–Kier alpha value is -1.02. The van der Waals surface area contributed by atoms with E-state index in [4.69, 9.17) is 5.73 Å². The Kier molecular flexibility index (Phi) is 4.74. The average Bonchev–Trinajstić information content (AvgIpc) is 2.38. The Balaban J connectivity index is 2.36. The van der Waals surface area contributed by atoms with Crippen molar-refractivity contribution in [3.05, 3.63) is 29.8 Å². The third kappa shape index (κ3) is 3.01. The van der Waals surface area contributed by atoms with Crippen molar-refractivity contribution < 1.29 is 0 Å². The number of benzene rings is 1. The molecular weight excluding hydrogens is 244 g/mol. The highest BCUT2D eigenvalue weighted by Crippen LogP contribution is 2.41. The Morgan fingerprint density at radius 2 is 1.90 bits per heavy atom. The first kappa shape index (κ1) is 15.4. The maximum absolute atomic E-state index is 6.27. The molecule has 2 N–H and O–H groups in total. The van der Waals surface area contributed by atoms with Crippen LogP contribution in [-0.4, -0.2) is 18.6 Å². The second-order valence-corrected chi connectivity index (χ2v) is 6.87. The molecule has 1 aliphatic carbocycles. The van der Waals surface area contributed by atoms with E-state index in [0.717, 1.165) is 24.9 Å². The minimum atomic E-state index is 0.139. The summed E-state index contributed by atoms with van der Waals surface area (Å²) in [5.41, 5.74) is 9.07. The van der Waals surface area contributed by atoms with Crippen LogP contribution in [0.4, 0.5) is 5.69 Å². The molecule has 0 saturated heterocycles. The molecule has 0 spiro atoms. The number of nitrogens with two attached hydrogens (primary N) is 1. The average molecular weight is 274 g/mol. The van der Waals surface area contributed by atoms with Crippen molar-refractivity contribution in [3.63, 3.8) is 0 Å². The summed E-state index contributed by atoms with van der Waals surface area (Å²) in [6, 6.07) is 8.86. The molecule has 1 fully saturated rings. The van der Waals surface area contributed by atoms with E-state index in [-0.39, 0.29) is 5.54 Å². The van der Waals surface area contributed by atoms with Gasteiger partial charge in [-0.1, -0.05) is 26.0 Å². The summed E-state index contributed by atoms with van der Waals surface area (Å²) in [5, 5.41) is 0. The van der Waals surface area contributed by atoms with Gasteiger partial charge in [0.25, 0.3) is 0 Å². The Morgan fingerprint density at radius 3 is 2.40 bits per heavy atom. The lowest BCUT2D eigenvalue weighted by atomic mass is 9.70. The fourth-order valence-electron chi connectivity index (χ4n) is 4.32. The number of hydrogen-bond acceptors (Lipinski definition) is 2. The first-order valence-corrected chi connectivity index (χ1v) is 8.05. The highest BCUT2D eigenvalue weighted by atomic mass is 15.2. The van der Waals surface area contributed by atoms with Gasteiger partial charge in [-0.05, 0) is 62.6 Å². The van der Waals surface area contributed by atoms with Crippen LogP contribution in [-0.2, 0) is 0 Å². The van der Waals surface area contributed by atoms with Gasteiger partial charge in [0.15, 0.2) is 0 Å². The lowest BCUT2D eigenvalue weighted by molar-refractivity contribution is 0.178. The maximum atomic E-state index is 6.27. The molecule has 0 aliphatic heterocycles. The lowest BCUT2D eigenvalue weighted by Crippen LogP contribution is -2.57. The van der Waals surface area contributed by atoms with Gasteiger partial charge in [-0.25, -0.2) is 0 Å². The maximum Gasteiger partial charge on any atom is 0.0529 e. The summed E-state index contributed by atoms with van der Waals surface area (Å²) in [5.74, 6) is 1.53. The van der Waals surface area contributed by atoms with Crippen LogP contribution in [0, 0.1) is 18.8 Å². The normalized spacial score (nSPS) is 30.2. The van der Waals surface area contributed by atoms with Gasteiger partial charge in [-0.2, -0.15) is 0 Å². The molecule has 2 atom stereocenters. The number of likely N-dealkylation sites (N-methyl/N-ethyl adjacent to an activating group) is 1. The fraction of sp³-hybridized carbons (Fsp3) is 0.667. The van der Waals surface area contributed by atoms with Crippen LogP contribution in [0.2, 0.25) is 0 Å². The summed E-state index contributed by atoms with van der Waals surface area (Å²) in [4.78, 5) is 2.56. The van der Waals surface area contributed by atoms with Crippen molar-refractivity contribution in [2.24, 2.45) is 17.6 Å². The predicted molar refractivity (Wildman–Crippen MR) is 88.2 cm³/mol. The van der Waals surface area contributed by atoms with Crippen molar-refractivity contribution in [1.82, 2.24) is 0 Å². The Labute approximate surface area is 124 Å². The second kappa shape index (κ2) is 6.17. The predicted octanol–water partition coefficient (Wildman–Crippen LogP) is 3.97. The van der Waals surface area contributed by atoms with Gasteiger partial charge in [-0.15, -0.1) is 0 Å². The van der Waals surface area contributed by atoms with E-state index in [2.05, 4.69) is 56.9 Å². The molecule has 0 bridgehead atoms. The molecule has 112 valence electrons. The largest absolute Gasteiger partial charge is 0.365 e. The topological polar surface area (TPSA) is 29.3 Å². The van der Waals surface area contributed by atoms with Crippen LogP contribution >= 0.6 is 0 Å². The van der Waals surface area contributed by atoms with E-state index in [9.17, 15) is 0 Å². The van der Waals surface area contributed by atoms with Gasteiger partial charge >= 0.3 is 0 Å². The molecule has 0 heterocycles. The van der Waals surface area contributed by atoms with Crippen molar-refractivity contribution in [1.29, 1.82) is 0 Å². The summed E-state index contributed by atoms with van der Waals surface area (Å²) in [6.45, 7) is 11.0. The smallest absolute Gasteiger partial charge is 0.0529 e. The highest BCUT2D eigenvalue weighted by Gasteiger charge is 2.41. The van der Waals surface area contributed by atoms with Crippen LogP contribution in [0.1, 0.15) is 45.6 Å². The van der Waals surface area contributed by atoms with Crippen LogP contribution < -0.4 is 10.6 Å². The molecule has 0 radical (unpaired) electrons. The number of nitrogens with zero attached hydrogens (tertiary/aromatic N) is 1. The van der Waals surface area contributed by atoms with Crippen LogP contribution in [0.25, 0.3) is 0 Å². The molecule has 1 saturated carbocycles. The van der Waals surface area contributed by atoms with E-state index >= 15 is 0 Å². The van der Waals surface area contributed by atoms with Gasteiger partial charge in [0.1, 0.15) is 0 Å². The zero-order valence-corrected chi connectivity index (χ0v) is 13.5. The minimum Gasteiger partial charge on any atom is -0.365 e. The summed E-state index contributed by atoms with van der Waals surface area (Å²) < 4.78 is 0. The number of rotatable bonds is 4. The highest BCUT2D eigenvalue weighted by molar-refractivity contribution is 5.51. The second-order valence-electron chi connectivity index (χ2n) is 6.87.